The van der Waals surface area contributed by atoms with Gasteiger partial charge in [0.25, 0.3) is 5.91 Å². The van der Waals surface area contributed by atoms with Gasteiger partial charge in [-0.1, -0.05) is 60.7 Å². The molecule has 0 aliphatic carbocycles. The molecular formula is C26H28N4O2. The fourth-order valence-electron chi connectivity index (χ4n) is 4.85. The van der Waals surface area contributed by atoms with Crippen LogP contribution >= 0.6 is 0 Å². The number of nitrogens with zero attached hydrogens (tertiary/aromatic N) is 4. The third-order valence-corrected chi connectivity index (χ3v) is 6.60. The number of carbonyl (C=O) groups is 2. The molecule has 0 atom stereocenters. The van der Waals surface area contributed by atoms with Crippen LogP contribution in [0.2, 0.25) is 0 Å². The zero-order chi connectivity index (χ0) is 21.9. The maximum atomic E-state index is 13.6. The Balaban J connectivity index is 1.30. The lowest BCUT2D eigenvalue weighted by Gasteiger charge is -2.36. The Labute approximate surface area is 188 Å². The molecule has 1 saturated heterocycles. The van der Waals surface area contributed by atoms with Crippen LogP contribution in [0, 0.1) is 0 Å². The molecule has 6 heteroatoms. The molecule has 1 aromatic heterocycles. The number of aryl methyl sites for hydroxylation is 1. The Morgan fingerprint density at radius 2 is 1.34 bits per heavy atom. The van der Waals surface area contributed by atoms with Crippen LogP contribution in [-0.4, -0.2) is 57.6 Å². The van der Waals surface area contributed by atoms with Crippen LogP contribution in [0.15, 0.2) is 66.9 Å². The third kappa shape index (κ3) is 3.93. The van der Waals surface area contributed by atoms with Crippen LogP contribution in [-0.2, 0) is 17.8 Å². The van der Waals surface area contributed by atoms with Crippen molar-refractivity contribution in [2.45, 2.75) is 31.7 Å². The van der Waals surface area contributed by atoms with Crippen molar-refractivity contribution in [3.8, 4) is 0 Å². The molecule has 1 fully saturated rings. The van der Waals surface area contributed by atoms with E-state index < -0.39 is 0 Å². The minimum Gasteiger partial charge on any atom is -0.338 e. The van der Waals surface area contributed by atoms with E-state index in [-0.39, 0.29) is 17.7 Å². The molecule has 2 amide bonds. The van der Waals surface area contributed by atoms with Crippen LogP contribution in [0.3, 0.4) is 0 Å². The van der Waals surface area contributed by atoms with Gasteiger partial charge in [-0.2, -0.15) is 5.10 Å². The van der Waals surface area contributed by atoms with Gasteiger partial charge in [0.15, 0.2) is 0 Å². The van der Waals surface area contributed by atoms with E-state index in [0.717, 1.165) is 48.2 Å². The summed E-state index contributed by atoms with van der Waals surface area (Å²) in [6.45, 7) is 3.08. The Morgan fingerprint density at radius 1 is 0.750 bits per heavy atom. The minimum atomic E-state index is -0.331. The zero-order valence-corrected chi connectivity index (χ0v) is 18.2. The van der Waals surface area contributed by atoms with E-state index in [9.17, 15) is 9.59 Å². The van der Waals surface area contributed by atoms with Crippen LogP contribution in [0.4, 0.5) is 0 Å². The molecule has 2 aliphatic heterocycles. The molecule has 164 valence electrons. The summed E-state index contributed by atoms with van der Waals surface area (Å²) in [7, 11) is 0. The van der Waals surface area contributed by atoms with E-state index in [1.54, 1.807) is 6.20 Å². The number of benzene rings is 2. The Hall–Kier alpha value is -3.41. The molecule has 0 bridgehead atoms. The summed E-state index contributed by atoms with van der Waals surface area (Å²) < 4.78 is 1.97. The topological polar surface area (TPSA) is 58.4 Å². The lowest BCUT2D eigenvalue weighted by Crippen LogP contribution is -2.51. The molecule has 32 heavy (non-hydrogen) atoms. The van der Waals surface area contributed by atoms with Crippen LogP contribution in [0.25, 0.3) is 0 Å². The maximum absolute atomic E-state index is 13.6. The molecule has 0 unspecified atom stereocenters. The molecule has 6 nitrogen and oxygen atoms in total. The van der Waals surface area contributed by atoms with Crippen molar-refractivity contribution in [1.29, 1.82) is 0 Å². The molecule has 0 radical (unpaired) electrons. The molecule has 3 heterocycles. The van der Waals surface area contributed by atoms with Gasteiger partial charge in [-0.05, 0) is 30.4 Å². The summed E-state index contributed by atoms with van der Waals surface area (Å²) in [4.78, 5) is 30.5. The molecule has 0 N–H and O–H groups in total. The lowest BCUT2D eigenvalue weighted by molar-refractivity contribution is -0.133. The number of carbonyl (C=O) groups excluding carboxylic acids is 2. The SMILES string of the molecule is O=C(c1cnn2c1CCCC2)N1CCN(C(=O)C(c2ccccc2)c2ccccc2)CC1. The fraction of sp³-hybridized carbons (Fsp3) is 0.346. The molecule has 5 rings (SSSR count). The largest absolute Gasteiger partial charge is 0.338 e. The monoisotopic (exact) mass is 428 g/mol. The third-order valence-electron chi connectivity index (χ3n) is 6.60. The number of piperazine rings is 1. The Kier molecular flexibility index (Phi) is 5.75. The predicted molar refractivity (Wildman–Crippen MR) is 122 cm³/mol. The van der Waals surface area contributed by atoms with Crippen LogP contribution in [0.1, 0.15) is 45.9 Å². The van der Waals surface area contributed by atoms with Gasteiger partial charge >= 0.3 is 0 Å². The Bertz CT molecular complexity index is 1050. The number of aromatic nitrogens is 2. The highest BCUT2D eigenvalue weighted by molar-refractivity contribution is 5.95. The molecule has 2 aliphatic rings. The van der Waals surface area contributed by atoms with Gasteiger partial charge in [-0.3, -0.25) is 14.3 Å². The maximum Gasteiger partial charge on any atom is 0.257 e. The summed E-state index contributed by atoms with van der Waals surface area (Å²) in [6, 6.07) is 19.9. The van der Waals surface area contributed by atoms with Gasteiger partial charge in [0.1, 0.15) is 0 Å². The van der Waals surface area contributed by atoms with Crippen LogP contribution in [0.5, 0.6) is 0 Å². The van der Waals surface area contributed by atoms with E-state index in [0.29, 0.717) is 26.2 Å². The van der Waals surface area contributed by atoms with E-state index in [1.165, 1.54) is 0 Å². The van der Waals surface area contributed by atoms with Crippen molar-refractivity contribution in [2.24, 2.45) is 0 Å². The molecule has 0 spiro atoms. The highest BCUT2D eigenvalue weighted by atomic mass is 16.2. The summed E-state index contributed by atoms with van der Waals surface area (Å²) in [5.74, 6) is -0.192. The van der Waals surface area contributed by atoms with Crippen molar-refractivity contribution in [3.05, 3.63) is 89.2 Å². The highest BCUT2D eigenvalue weighted by Gasteiger charge is 2.32. The number of hydrogen-bond donors (Lipinski definition) is 0. The molecule has 0 saturated carbocycles. The van der Waals surface area contributed by atoms with Gasteiger partial charge in [-0.25, -0.2) is 0 Å². The minimum absolute atomic E-state index is 0.0444. The van der Waals surface area contributed by atoms with Gasteiger partial charge < -0.3 is 9.80 Å². The van der Waals surface area contributed by atoms with E-state index in [4.69, 9.17) is 0 Å². The number of fused-ring (bicyclic) bond motifs is 1. The van der Waals surface area contributed by atoms with Crippen molar-refractivity contribution < 1.29 is 9.59 Å². The van der Waals surface area contributed by atoms with E-state index in [1.807, 2.05) is 75.1 Å². The number of rotatable bonds is 4. The van der Waals surface area contributed by atoms with Crippen molar-refractivity contribution in [2.75, 3.05) is 26.2 Å². The normalized spacial score (nSPS) is 16.2. The molecular weight excluding hydrogens is 400 g/mol. The highest BCUT2D eigenvalue weighted by Crippen LogP contribution is 2.28. The molecule has 2 aromatic carbocycles. The van der Waals surface area contributed by atoms with E-state index in [2.05, 4.69) is 5.10 Å². The Morgan fingerprint density at radius 3 is 1.97 bits per heavy atom. The standard InChI is InChI=1S/C26H28N4O2/c31-25(22-19-27-30-14-8-7-13-23(22)30)28-15-17-29(18-16-28)26(32)24(20-9-3-1-4-10-20)21-11-5-2-6-12-21/h1-6,9-12,19,24H,7-8,13-18H2. The average Bonchev–Trinajstić information content (AvgIpc) is 3.29. The first-order chi connectivity index (χ1) is 15.7. The molecule has 3 aromatic rings. The summed E-state index contributed by atoms with van der Waals surface area (Å²) >= 11 is 0. The quantitative estimate of drug-likeness (QED) is 0.641. The number of hydrogen-bond acceptors (Lipinski definition) is 3. The predicted octanol–water partition coefficient (Wildman–Crippen LogP) is 3.34. The zero-order valence-electron chi connectivity index (χ0n) is 18.2. The van der Waals surface area contributed by atoms with E-state index >= 15 is 0 Å². The second-order valence-electron chi connectivity index (χ2n) is 8.56. The lowest BCUT2D eigenvalue weighted by atomic mass is 9.90. The van der Waals surface area contributed by atoms with Crippen LogP contribution < -0.4 is 0 Å². The fourth-order valence-corrected chi connectivity index (χ4v) is 4.85. The first-order valence-corrected chi connectivity index (χ1v) is 11.4. The second kappa shape index (κ2) is 8.99. The van der Waals surface area contributed by atoms with Crippen molar-refractivity contribution in [3.63, 3.8) is 0 Å². The first-order valence-electron chi connectivity index (χ1n) is 11.4. The van der Waals surface area contributed by atoms with Gasteiger partial charge in [0.2, 0.25) is 5.91 Å². The first kappa shape index (κ1) is 20.5. The van der Waals surface area contributed by atoms with Crippen molar-refractivity contribution in [1.82, 2.24) is 19.6 Å². The average molecular weight is 429 g/mol. The summed E-state index contributed by atoms with van der Waals surface area (Å²) in [6.07, 6.45) is 4.86. The summed E-state index contributed by atoms with van der Waals surface area (Å²) in [5.41, 5.74) is 3.78. The van der Waals surface area contributed by atoms with Gasteiger partial charge in [0, 0.05) is 32.7 Å². The smallest absolute Gasteiger partial charge is 0.257 e. The second-order valence-corrected chi connectivity index (χ2v) is 8.56. The van der Waals surface area contributed by atoms with Gasteiger partial charge in [-0.15, -0.1) is 0 Å². The van der Waals surface area contributed by atoms with Crippen molar-refractivity contribution >= 4 is 11.8 Å². The van der Waals surface area contributed by atoms with Gasteiger partial charge in [0.05, 0.1) is 23.4 Å². The number of amides is 2. The summed E-state index contributed by atoms with van der Waals surface area (Å²) in [5, 5.41) is 4.41.